The van der Waals surface area contributed by atoms with E-state index in [0.717, 1.165) is 24.7 Å². The van der Waals surface area contributed by atoms with Crippen molar-refractivity contribution in [3.63, 3.8) is 0 Å². The molecular formula is C16H14N2O3S2. The van der Waals surface area contributed by atoms with Crippen LogP contribution in [-0.2, 0) is 16.1 Å². The molecule has 0 saturated carbocycles. The predicted molar refractivity (Wildman–Crippen MR) is 88.5 cm³/mol. The topological polar surface area (TPSA) is 63.8 Å². The minimum Gasteiger partial charge on any atom is -0.493 e. The van der Waals surface area contributed by atoms with Gasteiger partial charge >= 0.3 is 0 Å². The van der Waals surface area contributed by atoms with Crippen LogP contribution in [0.1, 0.15) is 17.7 Å². The van der Waals surface area contributed by atoms with E-state index in [1.807, 2.05) is 18.2 Å². The summed E-state index contributed by atoms with van der Waals surface area (Å²) in [4.78, 5) is 16.8. The highest BCUT2D eigenvalue weighted by Gasteiger charge is 2.26. The third-order valence-corrected chi connectivity index (χ3v) is 5.57. The zero-order chi connectivity index (χ0) is 16.0. The van der Waals surface area contributed by atoms with Crippen molar-refractivity contribution in [1.82, 2.24) is 4.57 Å². The molecule has 1 saturated heterocycles. The summed E-state index contributed by atoms with van der Waals surface area (Å²) < 4.78 is 7.81. The lowest BCUT2D eigenvalue weighted by Gasteiger charge is -2.11. The number of carbonyl (C=O) groups excluding carboxylic acids is 1. The molecule has 1 amide bonds. The molecule has 7 heteroatoms. The SMILES string of the molecule is O=C1N=c2ccccc2=C1c1sc(=S)n(C[C@H]2CCCO2)c1O. The highest BCUT2D eigenvalue weighted by Crippen LogP contribution is 2.33. The smallest absolute Gasteiger partial charge is 0.279 e. The number of rotatable bonds is 3. The van der Waals surface area contributed by atoms with Gasteiger partial charge < -0.3 is 9.84 Å². The van der Waals surface area contributed by atoms with Crippen LogP contribution in [0.15, 0.2) is 29.3 Å². The van der Waals surface area contributed by atoms with Crippen LogP contribution in [0.25, 0.3) is 5.57 Å². The molecular weight excluding hydrogens is 332 g/mol. The van der Waals surface area contributed by atoms with E-state index in [1.165, 1.54) is 11.3 Å². The van der Waals surface area contributed by atoms with Gasteiger partial charge in [-0.15, -0.1) is 11.3 Å². The van der Waals surface area contributed by atoms with Gasteiger partial charge in [-0.2, -0.15) is 0 Å². The number of amides is 1. The first-order valence-corrected chi connectivity index (χ1v) is 8.64. The quantitative estimate of drug-likeness (QED) is 0.856. The third-order valence-electron chi connectivity index (χ3n) is 4.12. The average Bonchev–Trinajstić information content (AvgIpc) is 3.21. The molecule has 1 N–H and O–H groups in total. The van der Waals surface area contributed by atoms with Gasteiger partial charge in [-0.25, -0.2) is 4.99 Å². The van der Waals surface area contributed by atoms with E-state index >= 15 is 0 Å². The van der Waals surface area contributed by atoms with Crippen LogP contribution in [0.4, 0.5) is 0 Å². The van der Waals surface area contributed by atoms with Crippen molar-refractivity contribution in [1.29, 1.82) is 0 Å². The van der Waals surface area contributed by atoms with E-state index in [1.54, 1.807) is 10.6 Å². The lowest BCUT2D eigenvalue weighted by molar-refractivity contribution is -0.112. The summed E-state index contributed by atoms with van der Waals surface area (Å²) in [6.07, 6.45) is 2.05. The van der Waals surface area contributed by atoms with Crippen molar-refractivity contribution in [2.45, 2.75) is 25.5 Å². The second-order valence-electron chi connectivity index (χ2n) is 5.58. The third kappa shape index (κ3) is 2.45. The molecule has 0 bridgehead atoms. The Labute approximate surface area is 141 Å². The first kappa shape index (κ1) is 14.7. The van der Waals surface area contributed by atoms with Crippen LogP contribution < -0.4 is 10.6 Å². The molecule has 118 valence electrons. The van der Waals surface area contributed by atoms with Gasteiger partial charge in [0.15, 0.2) is 3.95 Å². The van der Waals surface area contributed by atoms with Crippen LogP contribution in [0.3, 0.4) is 0 Å². The monoisotopic (exact) mass is 346 g/mol. The Morgan fingerprint density at radius 1 is 1.43 bits per heavy atom. The predicted octanol–water partition coefficient (Wildman–Crippen LogP) is 1.52. The van der Waals surface area contributed by atoms with Gasteiger partial charge in [0.2, 0.25) is 5.88 Å². The number of ether oxygens (including phenoxy) is 1. The second-order valence-corrected chi connectivity index (χ2v) is 7.22. The van der Waals surface area contributed by atoms with Crippen molar-refractivity contribution in [3.8, 4) is 5.88 Å². The summed E-state index contributed by atoms with van der Waals surface area (Å²) in [5, 5.41) is 12.0. The number of hydrogen-bond acceptors (Lipinski definition) is 5. The maximum absolute atomic E-state index is 12.3. The van der Waals surface area contributed by atoms with Gasteiger partial charge in [0.1, 0.15) is 4.88 Å². The van der Waals surface area contributed by atoms with Crippen LogP contribution >= 0.6 is 23.6 Å². The average molecular weight is 346 g/mol. The fourth-order valence-electron chi connectivity index (χ4n) is 3.00. The number of hydrogen-bond donors (Lipinski definition) is 1. The Hall–Kier alpha value is -1.83. The van der Waals surface area contributed by atoms with E-state index in [4.69, 9.17) is 17.0 Å². The number of para-hydroxylation sites is 1. The summed E-state index contributed by atoms with van der Waals surface area (Å²) in [5.41, 5.74) is 0.431. The molecule has 3 heterocycles. The molecule has 2 aromatic rings. The lowest BCUT2D eigenvalue weighted by atomic mass is 10.1. The number of thiazole rings is 1. The summed E-state index contributed by atoms with van der Waals surface area (Å²) >= 11 is 6.62. The zero-order valence-corrected chi connectivity index (χ0v) is 13.8. The maximum atomic E-state index is 12.3. The molecule has 1 aromatic carbocycles. The van der Waals surface area contributed by atoms with Crippen molar-refractivity contribution in [2.75, 3.05) is 6.61 Å². The maximum Gasteiger partial charge on any atom is 0.279 e. The molecule has 5 nitrogen and oxygen atoms in total. The molecule has 2 aliphatic rings. The molecule has 0 aliphatic carbocycles. The van der Waals surface area contributed by atoms with Crippen molar-refractivity contribution >= 4 is 35.0 Å². The van der Waals surface area contributed by atoms with Crippen LogP contribution in [0.2, 0.25) is 0 Å². The first-order chi connectivity index (χ1) is 11.1. The van der Waals surface area contributed by atoms with E-state index in [0.29, 0.717) is 26.3 Å². The summed E-state index contributed by atoms with van der Waals surface area (Å²) in [5.74, 6) is -0.298. The van der Waals surface area contributed by atoms with E-state index in [-0.39, 0.29) is 17.9 Å². The van der Waals surface area contributed by atoms with Gasteiger partial charge in [0.05, 0.1) is 23.6 Å². The van der Waals surface area contributed by atoms with Gasteiger partial charge in [-0.3, -0.25) is 9.36 Å². The van der Waals surface area contributed by atoms with E-state index < -0.39 is 0 Å². The number of aromatic hydroxyl groups is 1. The minimum absolute atomic E-state index is 0.0331. The number of nitrogens with zero attached hydrogens (tertiary/aromatic N) is 2. The number of aromatic nitrogens is 1. The lowest BCUT2D eigenvalue weighted by Crippen LogP contribution is -2.22. The molecule has 4 rings (SSSR count). The normalized spacial score (nSPS) is 19.9. The van der Waals surface area contributed by atoms with Gasteiger partial charge in [-0.1, -0.05) is 18.2 Å². The van der Waals surface area contributed by atoms with Crippen LogP contribution in [-0.4, -0.2) is 28.3 Å². The second kappa shape index (κ2) is 5.67. The number of fused-ring (bicyclic) bond motifs is 1. The number of carbonyl (C=O) groups is 1. The van der Waals surface area contributed by atoms with E-state index in [2.05, 4.69) is 4.99 Å². The molecule has 1 fully saturated rings. The van der Waals surface area contributed by atoms with Crippen LogP contribution in [0.5, 0.6) is 5.88 Å². The highest BCUT2D eigenvalue weighted by atomic mass is 32.1. The Morgan fingerprint density at radius 2 is 2.26 bits per heavy atom. The van der Waals surface area contributed by atoms with Crippen LogP contribution in [0, 0.1) is 3.95 Å². The summed E-state index contributed by atoms with van der Waals surface area (Å²) in [7, 11) is 0. The largest absolute Gasteiger partial charge is 0.493 e. The molecule has 23 heavy (non-hydrogen) atoms. The van der Waals surface area contributed by atoms with Crippen molar-refractivity contribution < 1.29 is 14.6 Å². The molecule has 2 aliphatic heterocycles. The van der Waals surface area contributed by atoms with Gasteiger partial charge in [-0.05, 0) is 31.1 Å². The molecule has 0 spiro atoms. The Balaban J connectivity index is 1.84. The molecule has 0 unspecified atom stereocenters. The Morgan fingerprint density at radius 3 is 3.04 bits per heavy atom. The zero-order valence-electron chi connectivity index (χ0n) is 12.2. The van der Waals surface area contributed by atoms with Crippen molar-refractivity contribution in [2.24, 2.45) is 4.99 Å². The highest BCUT2D eigenvalue weighted by molar-refractivity contribution is 7.73. The van der Waals surface area contributed by atoms with Crippen molar-refractivity contribution in [3.05, 3.63) is 43.7 Å². The first-order valence-electron chi connectivity index (χ1n) is 7.42. The molecule has 1 aromatic heterocycles. The molecule has 1 atom stereocenters. The number of benzene rings is 1. The fourth-order valence-corrected chi connectivity index (χ4v) is 4.35. The molecule has 0 radical (unpaired) electrons. The Bertz CT molecular complexity index is 968. The van der Waals surface area contributed by atoms with E-state index in [9.17, 15) is 9.90 Å². The summed E-state index contributed by atoms with van der Waals surface area (Å²) in [6.45, 7) is 1.26. The van der Waals surface area contributed by atoms with Gasteiger partial charge in [0, 0.05) is 11.8 Å². The minimum atomic E-state index is -0.331. The Kier molecular flexibility index (Phi) is 3.63. The standard InChI is InChI=1S/C16H14N2O3S2/c19-14-12(10-5-1-2-6-11(10)17-14)13-15(20)18(16(22)23-13)8-9-4-3-7-21-9/h1-2,5-6,9,20H,3-4,7-8H2/t9-/m1/s1. The summed E-state index contributed by atoms with van der Waals surface area (Å²) in [6, 6.07) is 7.32. The van der Waals surface area contributed by atoms with Gasteiger partial charge in [0.25, 0.3) is 5.91 Å². The fraction of sp³-hybridized carbons (Fsp3) is 0.312.